The van der Waals surface area contributed by atoms with Crippen molar-refractivity contribution < 1.29 is 14.1 Å². The molecule has 1 amide bonds. The number of amides is 1. The summed E-state index contributed by atoms with van der Waals surface area (Å²) in [4.78, 5) is 17.8. The van der Waals surface area contributed by atoms with E-state index in [9.17, 15) is 4.79 Å². The van der Waals surface area contributed by atoms with Gasteiger partial charge in [-0.3, -0.25) is 4.79 Å². The molecule has 0 aliphatic heterocycles. The average Bonchev–Trinajstić information content (AvgIpc) is 3.20. The number of aromatic nitrogens is 2. The Balaban J connectivity index is 1.56. The molecule has 0 aliphatic rings. The van der Waals surface area contributed by atoms with Gasteiger partial charge in [0, 0.05) is 10.9 Å². The first kappa shape index (κ1) is 18.1. The molecule has 1 N–H and O–H groups in total. The maximum Gasteiger partial charge on any atom is 0.273 e. The molecule has 0 bridgehead atoms. The lowest BCUT2D eigenvalue weighted by Gasteiger charge is -2.07. The summed E-state index contributed by atoms with van der Waals surface area (Å²) >= 11 is 1.58. The molecule has 0 aliphatic carbocycles. The van der Waals surface area contributed by atoms with E-state index in [1.807, 2.05) is 45.9 Å². The third-order valence-corrected chi connectivity index (χ3v) is 5.05. The van der Waals surface area contributed by atoms with Crippen LogP contribution in [0.1, 0.15) is 43.0 Å². The van der Waals surface area contributed by atoms with Crippen molar-refractivity contribution in [2.24, 2.45) is 0 Å². The Morgan fingerprint density at radius 3 is 2.77 bits per heavy atom. The first-order valence-corrected chi connectivity index (χ1v) is 9.11. The predicted octanol–water partition coefficient (Wildman–Crippen LogP) is 3.87. The standard InChI is InChI=1S/C19H21N3O3S/c1-11-5-6-12(2)17(7-11)24-10-15-8-16(22-25-15)19(23)20-9-18-21-13(3)14(4)26-18/h5-8H,9-10H2,1-4H3,(H,20,23). The molecule has 26 heavy (non-hydrogen) atoms. The molecule has 0 saturated heterocycles. The van der Waals surface area contributed by atoms with Crippen molar-refractivity contribution in [2.75, 3.05) is 0 Å². The Hall–Kier alpha value is -2.67. The van der Waals surface area contributed by atoms with Crippen molar-refractivity contribution in [3.8, 4) is 5.75 Å². The summed E-state index contributed by atoms with van der Waals surface area (Å²) in [6, 6.07) is 7.60. The number of ether oxygens (including phenoxy) is 1. The molecule has 136 valence electrons. The number of hydrogen-bond acceptors (Lipinski definition) is 6. The fourth-order valence-electron chi connectivity index (χ4n) is 2.36. The smallest absolute Gasteiger partial charge is 0.273 e. The Morgan fingerprint density at radius 1 is 1.23 bits per heavy atom. The number of thiazole rings is 1. The van der Waals surface area contributed by atoms with Gasteiger partial charge in [0.25, 0.3) is 5.91 Å². The van der Waals surface area contributed by atoms with Crippen molar-refractivity contribution in [1.29, 1.82) is 0 Å². The zero-order chi connectivity index (χ0) is 18.7. The molecule has 1 aromatic carbocycles. The maximum absolute atomic E-state index is 12.2. The number of nitrogens with one attached hydrogen (secondary N) is 1. The zero-order valence-corrected chi connectivity index (χ0v) is 16.1. The number of carbonyl (C=O) groups excluding carboxylic acids is 1. The highest BCUT2D eigenvalue weighted by molar-refractivity contribution is 7.11. The number of aryl methyl sites for hydroxylation is 4. The van der Waals surface area contributed by atoms with Gasteiger partial charge in [-0.1, -0.05) is 17.3 Å². The van der Waals surface area contributed by atoms with E-state index in [0.29, 0.717) is 12.3 Å². The summed E-state index contributed by atoms with van der Waals surface area (Å²) in [6.45, 7) is 8.55. The third-order valence-electron chi connectivity index (χ3n) is 3.98. The van der Waals surface area contributed by atoms with Gasteiger partial charge in [-0.2, -0.15) is 0 Å². The SMILES string of the molecule is Cc1ccc(C)c(OCc2cc(C(=O)NCc3nc(C)c(C)s3)no2)c1. The second-order valence-corrected chi connectivity index (χ2v) is 7.46. The fraction of sp³-hybridized carbons (Fsp3) is 0.316. The molecule has 0 atom stereocenters. The molecular weight excluding hydrogens is 350 g/mol. The van der Waals surface area contributed by atoms with Crippen LogP contribution in [0.4, 0.5) is 0 Å². The highest BCUT2D eigenvalue weighted by Crippen LogP contribution is 2.21. The monoisotopic (exact) mass is 371 g/mol. The van der Waals surface area contributed by atoms with Crippen LogP contribution < -0.4 is 10.1 Å². The van der Waals surface area contributed by atoms with Gasteiger partial charge in [-0.15, -0.1) is 11.3 Å². The lowest BCUT2D eigenvalue weighted by molar-refractivity contribution is 0.0941. The molecule has 0 saturated carbocycles. The molecule has 3 rings (SSSR count). The minimum absolute atomic E-state index is 0.218. The minimum atomic E-state index is -0.294. The number of rotatable bonds is 6. The lowest BCUT2D eigenvalue weighted by atomic mass is 10.1. The van der Waals surface area contributed by atoms with E-state index in [-0.39, 0.29) is 18.2 Å². The van der Waals surface area contributed by atoms with Gasteiger partial charge >= 0.3 is 0 Å². The van der Waals surface area contributed by atoms with E-state index < -0.39 is 0 Å². The van der Waals surface area contributed by atoms with Crippen molar-refractivity contribution in [2.45, 2.75) is 40.8 Å². The molecule has 0 spiro atoms. The van der Waals surface area contributed by atoms with Crippen LogP contribution in [0.25, 0.3) is 0 Å². The van der Waals surface area contributed by atoms with E-state index in [0.717, 1.165) is 32.5 Å². The van der Waals surface area contributed by atoms with E-state index in [2.05, 4.69) is 15.5 Å². The quantitative estimate of drug-likeness (QED) is 0.712. The summed E-state index contributed by atoms with van der Waals surface area (Å²) < 4.78 is 11.0. The summed E-state index contributed by atoms with van der Waals surface area (Å²) in [5.41, 5.74) is 3.39. The highest BCUT2D eigenvalue weighted by Gasteiger charge is 2.14. The van der Waals surface area contributed by atoms with Crippen LogP contribution in [0.15, 0.2) is 28.8 Å². The normalized spacial score (nSPS) is 10.8. The van der Waals surface area contributed by atoms with Crippen molar-refractivity contribution in [3.05, 3.63) is 62.4 Å². The number of carbonyl (C=O) groups is 1. The molecular formula is C19H21N3O3S. The van der Waals surface area contributed by atoms with Gasteiger partial charge in [-0.05, 0) is 44.9 Å². The topological polar surface area (TPSA) is 77.2 Å². The molecule has 3 aromatic rings. The molecule has 0 radical (unpaired) electrons. The van der Waals surface area contributed by atoms with Crippen LogP contribution in [-0.2, 0) is 13.2 Å². The third kappa shape index (κ3) is 4.29. The highest BCUT2D eigenvalue weighted by atomic mass is 32.1. The predicted molar refractivity (Wildman–Crippen MR) is 99.5 cm³/mol. The number of benzene rings is 1. The van der Waals surface area contributed by atoms with Crippen LogP contribution in [0.5, 0.6) is 5.75 Å². The van der Waals surface area contributed by atoms with E-state index in [1.54, 1.807) is 17.4 Å². The van der Waals surface area contributed by atoms with Gasteiger partial charge in [0.1, 0.15) is 17.4 Å². The van der Waals surface area contributed by atoms with E-state index in [4.69, 9.17) is 9.26 Å². The van der Waals surface area contributed by atoms with Gasteiger partial charge in [0.2, 0.25) is 0 Å². The first-order chi connectivity index (χ1) is 12.4. The Bertz CT molecular complexity index is 911. The second-order valence-electron chi connectivity index (χ2n) is 6.17. The molecule has 2 heterocycles. The van der Waals surface area contributed by atoms with Crippen molar-refractivity contribution in [3.63, 3.8) is 0 Å². The molecule has 0 unspecified atom stereocenters. The Kier molecular flexibility index (Phi) is 5.37. The van der Waals surface area contributed by atoms with E-state index >= 15 is 0 Å². The Labute approximate surface area is 156 Å². The summed E-state index contributed by atoms with van der Waals surface area (Å²) in [6.07, 6.45) is 0. The van der Waals surface area contributed by atoms with Gasteiger partial charge in [0.05, 0.1) is 12.2 Å². The first-order valence-electron chi connectivity index (χ1n) is 8.29. The van der Waals surface area contributed by atoms with Gasteiger partial charge < -0.3 is 14.6 Å². The zero-order valence-electron chi connectivity index (χ0n) is 15.3. The van der Waals surface area contributed by atoms with E-state index in [1.165, 1.54) is 0 Å². The Morgan fingerprint density at radius 2 is 2.04 bits per heavy atom. The van der Waals surface area contributed by atoms with Crippen LogP contribution >= 0.6 is 11.3 Å². The van der Waals surface area contributed by atoms with Crippen molar-refractivity contribution in [1.82, 2.24) is 15.5 Å². The summed E-state index contributed by atoms with van der Waals surface area (Å²) in [7, 11) is 0. The molecule has 2 aromatic heterocycles. The van der Waals surface area contributed by atoms with Crippen LogP contribution in [0.2, 0.25) is 0 Å². The molecule has 6 nitrogen and oxygen atoms in total. The van der Waals surface area contributed by atoms with Crippen LogP contribution in [0, 0.1) is 27.7 Å². The largest absolute Gasteiger partial charge is 0.485 e. The lowest BCUT2D eigenvalue weighted by Crippen LogP contribution is -2.23. The van der Waals surface area contributed by atoms with Crippen LogP contribution in [0.3, 0.4) is 0 Å². The molecule has 7 heteroatoms. The summed E-state index contributed by atoms with van der Waals surface area (Å²) in [5.74, 6) is 0.996. The van der Waals surface area contributed by atoms with Gasteiger partial charge in [-0.25, -0.2) is 4.98 Å². The molecule has 0 fully saturated rings. The number of nitrogens with zero attached hydrogens (tertiary/aromatic N) is 2. The maximum atomic E-state index is 12.2. The van der Waals surface area contributed by atoms with Crippen LogP contribution in [-0.4, -0.2) is 16.0 Å². The second kappa shape index (κ2) is 7.70. The summed E-state index contributed by atoms with van der Waals surface area (Å²) in [5, 5.41) is 7.50. The number of hydrogen-bond donors (Lipinski definition) is 1. The van der Waals surface area contributed by atoms with Gasteiger partial charge in [0.15, 0.2) is 11.5 Å². The van der Waals surface area contributed by atoms with Crippen molar-refractivity contribution >= 4 is 17.2 Å². The average molecular weight is 371 g/mol. The fourth-order valence-corrected chi connectivity index (χ4v) is 3.23. The minimum Gasteiger partial charge on any atom is -0.485 e.